The molecule has 1 aliphatic heterocycles. The lowest BCUT2D eigenvalue weighted by molar-refractivity contribution is 0.0303. The van der Waals surface area contributed by atoms with Crippen LogP contribution >= 0.6 is 0 Å². The Morgan fingerprint density at radius 3 is 2.62 bits per heavy atom. The highest BCUT2D eigenvalue weighted by molar-refractivity contribution is 6.00. The monoisotopic (exact) mass is 455 g/mol. The number of morpholine rings is 1. The number of nitrogens with one attached hydrogen (secondary N) is 1. The molecule has 0 saturated carbocycles. The zero-order chi connectivity index (χ0) is 23.8. The van der Waals surface area contributed by atoms with E-state index in [2.05, 4.69) is 15.2 Å². The largest absolute Gasteiger partial charge is 0.378 e. The number of fused-ring (bicyclic) bond motifs is 1. The number of H-pyrrole nitrogens is 1. The number of amides is 2. The van der Waals surface area contributed by atoms with Gasteiger partial charge in [0.05, 0.1) is 18.9 Å². The number of nitrogens with two attached hydrogens (primary N) is 1. The van der Waals surface area contributed by atoms with Gasteiger partial charge in [-0.15, -0.1) is 0 Å². The summed E-state index contributed by atoms with van der Waals surface area (Å²) in [7, 11) is 0. The number of aryl methyl sites for hydroxylation is 1. The summed E-state index contributed by atoms with van der Waals surface area (Å²) in [6.45, 7) is 6.18. The van der Waals surface area contributed by atoms with Gasteiger partial charge in [0.15, 0.2) is 5.65 Å². The molecule has 1 aliphatic rings. The van der Waals surface area contributed by atoms with E-state index in [-0.39, 0.29) is 5.91 Å². The van der Waals surface area contributed by atoms with Crippen molar-refractivity contribution in [3.8, 4) is 22.4 Å². The minimum Gasteiger partial charge on any atom is -0.378 e. The Kier molecular flexibility index (Phi) is 5.59. The number of carbonyl (C=O) groups is 2. The van der Waals surface area contributed by atoms with E-state index >= 15 is 0 Å². The Balaban J connectivity index is 1.57. The van der Waals surface area contributed by atoms with Crippen LogP contribution in [0.25, 0.3) is 33.4 Å². The molecule has 34 heavy (non-hydrogen) atoms. The van der Waals surface area contributed by atoms with Gasteiger partial charge >= 0.3 is 0 Å². The lowest BCUT2D eigenvalue weighted by Gasteiger charge is -2.27. The van der Waals surface area contributed by atoms with Crippen LogP contribution in [0.15, 0.2) is 48.7 Å². The summed E-state index contributed by atoms with van der Waals surface area (Å²) in [6.07, 6.45) is 1.75. The summed E-state index contributed by atoms with van der Waals surface area (Å²) in [5.74, 6) is -0.471. The SMILES string of the molecule is Cc1ccc(C(N)=O)c(C)c1-c1[nH]nc2ncc(-c3cccc(C(=O)N4CCOCC4)c3)cc12. The Labute approximate surface area is 196 Å². The third-order valence-electron chi connectivity index (χ3n) is 6.34. The molecule has 4 aromatic rings. The van der Waals surface area contributed by atoms with Crippen molar-refractivity contribution in [3.63, 3.8) is 0 Å². The van der Waals surface area contributed by atoms with E-state index in [0.717, 1.165) is 38.9 Å². The minimum atomic E-state index is -0.469. The summed E-state index contributed by atoms with van der Waals surface area (Å²) >= 11 is 0. The first kappa shape index (κ1) is 21.8. The first-order chi connectivity index (χ1) is 16.4. The standard InChI is InChI=1S/C26H25N5O3/c1-15-6-7-20(24(27)32)16(2)22(15)23-21-13-19(14-28-25(21)30-29-23)17-4-3-5-18(12-17)26(33)31-8-10-34-11-9-31/h3-7,12-14H,8-11H2,1-2H3,(H2,27,32)(H,28,29,30). The van der Waals surface area contributed by atoms with Gasteiger partial charge in [0.1, 0.15) is 0 Å². The maximum absolute atomic E-state index is 13.0. The lowest BCUT2D eigenvalue weighted by atomic mass is 9.93. The quantitative estimate of drug-likeness (QED) is 0.489. The van der Waals surface area contributed by atoms with Gasteiger partial charge in [0.25, 0.3) is 5.91 Å². The van der Waals surface area contributed by atoms with Gasteiger partial charge in [-0.05, 0) is 54.8 Å². The van der Waals surface area contributed by atoms with Crippen molar-refractivity contribution in [2.75, 3.05) is 26.3 Å². The van der Waals surface area contributed by atoms with Crippen LogP contribution in [-0.4, -0.2) is 58.2 Å². The molecule has 2 aromatic heterocycles. The molecule has 1 fully saturated rings. The second-order valence-electron chi connectivity index (χ2n) is 8.47. The van der Waals surface area contributed by atoms with Gasteiger partial charge in [-0.1, -0.05) is 18.2 Å². The van der Waals surface area contributed by atoms with E-state index in [9.17, 15) is 9.59 Å². The Bertz CT molecular complexity index is 1420. The van der Waals surface area contributed by atoms with Crippen molar-refractivity contribution in [2.24, 2.45) is 5.73 Å². The number of aromatic nitrogens is 3. The van der Waals surface area contributed by atoms with Crippen LogP contribution in [0.1, 0.15) is 31.8 Å². The number of carbonyl (C=O) groups excluding carboxylic acids is 2. The van der Waals surface area contributed by atoms with Crippen LogP contribution < -0.4 is 5.73 Å². The van der Waals surface area contributed by atoms with Gasteiger partial charge < -0.3 is 15.4 Å². The number of ether oxygens (including phenoxy) is 1. The Morgan fingerprint density at radius 1 is 1.06 bits per heavy atom. The van der Waals surface area contributed by atoms with Gasteiger partial charge in [0.2, 0.25) is 5.91 Å². The molecule has 5 rings (SSSR count). The minimum absolute atomic E-state index is 0.00213. The van der Waals surface area contributed by atoms with Crippen LogP contribution in [0, 0.1) is 13.8 Å². The molecule has 3 heterocycles. The molecular formula is C26H25N5O3. The highest BCUT2D eigenvalue weighted by Crippen LogP contribution is 2.34. The molecule has 8 heteroatoms. The van der Waals surface area contributed by atoms with Gasteiger partial charge in [-0.3, -0.25) is 14.7 Å². The molecule has 0 atom stereocenters. The number of hydrogen-bond donors (Lipinski definition) is 2. The van der Waals surface area contributed by atoms with E-state index in [1.54, 1.807) is 12.3 Å². The summed E-state index contributed by atoms with van der Waals surface area (Å²) in [5.41, 5.74) is 12.5. The molecule has 3 N–H and O–H groups in total. The molecule has 2 aromatic carbocycles. The predicted octanol–water partition coefficient (Wildman–Crippen LogP) is 3.48. The lowest BCUT2D eigenvalue weighted by Crippen LogP contribution is -2.40. The third kappa shape index (κ3) is 3.82. The number of hydrogen-bond acceptors (Lipinski definition) is 5. The molecular weight excluding hydrogens is 430 g/mol. The topological polar surface area (TPSA) is 114 Å². The highest BCUT2D eigenvalue weighted by atomic mass is 16.5. The molecule has 2 amide bonds. The molecule has 1 saturated heterocycles. The van der Waals surface area contributed by atoms with Crippen molar-refractivity contribution >= 4 is 22.8 Å². The van der Waals surface area contributed by atoms with E-state index in [4.69, 9.17) is 10.5 Å². The first-order valence-corrected chi connectivity index (χ1v) is 11.2. The Hall–Kier alpha value is -4.04. The van der Waals surface area contributed by atoms with Gasteiger partial charge in [0, 0.05) is 46.9 Å². The molecule has 0 spiro atoms. The second-order valence-corrected chi connectivity index (χ2v) is 8.47. The smallest absolute Gasteiger partial charge is 0.254 e. The fraction of sp³-hybridized carbons (Fsp3) is 0.231. The highest BCUT2D eigenvalue weighted by Gasteiger charge is 2.20. The number of primary amides is 1. The number of nitrogens with zero attached hydrogens (tertiary/aromatic N) is 3. The van der Waals surface area contributed by atoms with Crippen LogP contribution in [-0.2, 0) is 4.74 Å². The Morgan fingerprint density at radius 2 is 1.85 bits per heavy atom. The zero-order valence-electron chi connectivity index (χ0n) is 19.1. The van der Waals surface area contributed by atoms with Gasteiger partial charge in [-0.2, -0.15) is 5.10 Å². The second kappa shape index (κ2) is 8.72. The van der Waals surface area contributed by atoms with Crippen molar-refractivity contribution in [2.45, 2.75) is 13.8 Å². The average molecular weight is 456 g/mol. The van der Waals surface area contributed by atoms with Crippen LogP contribution in [0.3, 0.4) is 0 Å². The van der Waals surface area contributed by atoms with Crippen molar-refractivity contribution < 1.29 is 14.3 Å². The average Bonchev–Trinajstić information content (AvgIpc) is 3.27. The molecule has 0 unspecified atom stereocenters. The van der Waals surface area contributed by atoms with E-state index < -0.39 is 5.91 Å². The number of aromatic amines is 1. The predicted molar refractivity (Wildman–Crippen MR) is 129 cm³/mol. The first-order valence-electron chi connectivity index (χ1n) is 11.2. The van der Waals surface area contributed by atoms with Crippen LogP contribution in [0.5, 0.6) is 0 Å². The summed E-state index contributed by atoms with van der Waals surface area (Å²) < 4.78 is 5.36. The number of rotatable bonds is 4. The number of benzene rings is 2. The van der Waals surface area contributed by atoms with E-state index in [1.165, 1.54) is 0 Å². The molecule has 0 bridgehead atoms. The van der Waals surface area contributed by atoms with E-state index in [1.807, 2.05) is 55.1 Å². The fourth-order valence-corrected chi connectivity index (χ4v) is 4.53. The molecule has 8 nitrogen and oxygen atoms in total. The zero-order valence-corrected chi connectivity index (χ0v) is 19.1. The molecule has 0 radical (unpaired) electrons. The molecule has 0 aliphatic carbocycles. The maximum atomic E-state index is 13.0. The van der Waals surface area contributed by atoms with Crippen LogP contribution in [0.4, 0.5) is 0 Å². The number of pyridine rings is 1. The normalized spacial score (nSPS) is 13.9. The summed E-state index contributed by atoms with van der Waals surface area (Å²) in [6, 6.07) is 13.2. The summed E-state index contributed by atoms with van der Waals surface area (Å²) in [4.78, 5) is 31.2. The fourth-order valence-electron chi connectivity index (χ4n) is 4.53. The van der Waals surface area contributed by atoms with Crippen molar-refractivity contribution in [1.82, 2.24) is 20.1 Å². The summed E-state index contributed by atoms with van der Waals surface area (Å²) in [5, 5.41) is 8.29. The van der Waals surface area contributed by atoms with Gasteiger partial charge in [-0.25, -0.2) is 4.98 Å². The van der Waals surface area contributed by atoms with Crippen molar-refractivity contribution in [3.05, 3.63) is 70.9 Å². The maximum Gasteiger partial charge on any atom is 0.254 e. The molecule has 172 valence electrons. The van der Waals surface area contributed by atoms with Crippen LogP contribution in [0.2, 0.25) is 0 Å². The van der Waals surface area contributed by atoms with Crippen molar-refractivity contribution in [1.29, 1.82) is 0 Å². The van der Waals surface area contributed by atoms with E-state index in [0.29, 0.717) is 43.1 Å². The third-order valence-corrected chi connectivity index (χ3v) is 6.34.